The van der Waals surface area contributed by atoms with Crippen LogP contribution >= 0.6 is 0 Å². The highest BCUT2D eigenvalue weighted by Crippen LogP contribution is 2.27. The Hall–Kier alpha value is -1.64. The first-order valence-corrected chi connectivity index (χ1v) is 10.2. The summed E-state index contributed by atoms with van der Waals surface area (Å²) in [5.74, 6) is -0.365. The van der Waals surface area contributed by atoms with E-state index in [0.29, 0.717) is 24.5 Å². The lowest BCUT2D eigenvalue weighted by Gasteiger charge is -2.20. The number of amides is 1. The Morgan fingerprint density at radius 2 is 1.84 bits per heavy atom. The van der Waals surface area contributed by atoms with E-state index in [2.05, 4.69) is 17.6 Å². The molecule has 0 aliphatic carbocycles. The maximum Gasteiger partial charge on any atom is 0.243 e. The number of carbonyl (C=O) groups excluding carboxylic acids is 1. The van der Waals surface area contributed by atoms with Crippen LogP contribution in [0.25, 0.3) is 0 Å². The zero-order valence-corrected chi connectivity index (χ0v) is 16.3. The van der Waals surface area contributed by atoms with Gasteiger partial charge in [0.25, 0.3) is 0 Å². The fourth-order valence-corrected chi connectivity index (χ4v) is 3.79. The highest BCUT2D eigenvalue weighted by Gasteiger charge is 2.23. The van der Waals surface area contributed by atoms with Crippen LogP contribution in [0.5, 0.6) is 0 Å². The minimum absolute atomic E-state index is 0.150. The molecule has 7 nitrogen and oxygen atoms in total. The van der Waals surface area contributed by atoms with E-state index in [4.69, 9.17) is 5.73 Å². The Balaban J connectivity index is 3.24. The van der Waals surface area contributed by atoms with Gasteiger partial charge in [-0.3, -0.25) is 4.79 Å². The van der Waals surface area contributed by atoms with Crippen molar-refractivity contribution in [1.29, 1.82) is 0 Å². The van der Waals surface area contributed by atoms with Crippen molar-refractivity contribution in [1.82, 2.24) is 4.31 Å². The molecular weight excluding hydrogens is 340 g/mol. The Labute approximate surface area is 151 Å². The number of nitrogens with zero attached hydrogens (tertiary/aromatic N) is 1. The molecular formula is C17H30N4O3S. The maximum atomic E-state index is 12.7. The third kappa shape index (κ3) is 5.69. The minimum Gasteiger partial charge on any atom is -0.383 e. The number of carbonyl (C=O) groups is 1. The molecule has 0 spiro atoms. The third-order valence-electron chi connectivity index (χ3n) is 3.85. The molecule has 0 aliphatic rings. The lowest BCUT2D eigenvalue weighted by Crippen LogP contribution is -2.33. The summed E-state index contributed by atoms with van der Waals surface area (Å²) in [5.41, 5.74) is 6.72. The van der Waals surface area contributed by atoms with Crippen molar-refractivity contribution < 1.29 is 13.2 Å². The second-order valence-corrected chi connectivity index (χ2v) is 7.79. The van der Waals surface area contributed by atoms with Gasteiger partial charge in [0.05, 0.1) is 22.3 Å². The first-order chi connectivity index (χ1) is 11.8. The van der Waals surface area contributed by atoms with Gasteiger partial charge in [-0.25, -0.2) is 8.42 Å². The Morgan fingerprint density at radius 1 is 1.20 bits per heavy atom. The molecule has 142 valence electrons. The van der Waals surface area contributed by atoms with E-state index >= 15 is 0 Å². The van der Waals surface area contributed by atoms with Crippen LogP contribution in [0.15, 0.2) is 23.1 Å². The number of unbranched alkanes of at least 4 members (excludes halogenated alkanes) is 1. The number of sulfonamides is 1. The molecule has 25 heavy (non-hydrogen) atoms. The summed E-state index contributed by atoms with van der Waals surface area (Å²) in [6.45, 7) is 8.75. The molecule has 1 atom stereocenters. The number of benzene rings is 1. The second-order valence-electron chi connectivity index (χ2n) is 5.85. The summed E-state index contributed by atoms with van der Waals surface area (Å²) in [6.07, 6.45) is 2.00. The average molecular weight is 371 g/mol. The molecule has 1 aromatic carbocycles. The molecule has 4 N–H and O–H groups in total. The molecule has 0 heterocycles. The van der Waals surface area contributed by atoms with Crippen molar-refractivity contribution in [3.63, 3.8) is 0 Å². The molecule has 8 heteroatoms. The highest BCUT2D eigenvalue weighted by molar-refractivity contribution is 7.89. The van der Waals surface area contributed by atoms with Crippen LogP contribution in [0.4, 0.5) is 11.4 Å². The van der Waals surface area contributed by atoms with Gasteiger partial charge in [-0.1, -0.05) is 27.2 Å². The van der Waals surface area contributed by atoms with E-state index in [1.54, 1.807) is 32.9 Å². The van der Waals surface area contributed by atoms with Crippen molar-refractivity contribution >= 4 is 27.3 Å². The first-order valence-electron chi connectivity index (χ1n) is 8.72. The van der Waals surface area contributed by atoms with E-state index in [1.807, 2.05) is 0 Å². The topological polar surface area (TPSA) is 105 Å². The second kappa shape index (κ2) is 9.74. The SMILES string of the molecule is CCCCNc1ccc(S(=O)(=O)N(CC)CC)cc1NC(=O)[C@H](C)N. The molecule has 0 saturated carbocycles. The number of nitrogens with one attached hydrogen (secondary N) is 2. The van der Waals surface area contributed by atoms with Crippen LogP contribution in [0.2, 0.25) is 0 Å². The summed E-state index contributed by atoms with van der Waals surface area (Å²) in [5, 5.41) is 5.95. The molecule has 0 aromatic heterocycles. The van der Waals surface area contributed by atoms with Gasteiger partial charge in [0.2, 0.25) is 15.9 Å². The average Bonchev–Trinajstić information content (AvgIpc) is 2.56. The van der Waals surface area contributed by atoms with Crippen molar-refractivity contribution in [2.45, 2.75) is 51.5 Å². The zero-order chi connectivity index (χ0) is 19.0. The lowest BCUT2D eigenvalue weighted by molar-refractivity contribution is -0.117. The monoisotopic (exact) mass is 370 g/mol. The van der Waals surface area contributed by atoms with Gasteiger partial charge in [-0.05, 0) is 31.5 Å². The van der Waals surface area contributed by atoms with Gasteiger partial charge in [-0.15, -0.1) is 0 Å². The van der Waals surface area contributed by atoms with Gasteiger partial charge in [0.1, 0.15) is 0 Å². The van der Waals surface area contributed by atoms with Gasteiger partial charge < -0.3 is 16.4 Å². The largest absolute Gasteiger partial charge is 0.383 e. The van der Waals surface area contributed by atoms with Gasteiger partial charge >= 0.3 is 0 Å². The van der Waals surface area contributed by atoms with Gasteiger partial charge in [0, 0.05) is 19.6 Å². The molecule has 0 radical (unpaired) electrons. The van der Waals surface area contributed by atoms with E-state index in [-0.39, 0.29) is 10.8 Å². The first kappa shape index (κ1) is 21.4. The minimum atomic E-state index is -3.60. The van der Waals surface area contributed by atoms with Gasteiger partial charge in [-0.2, -0.15) is 4.31 Å². The predicted molar refractivity (Wildman–Crippen MR) is 102 cm³/mol. The molecule has 1 rings (SSSR count). The fourth-order valence-electron chi connectivity index (χ4n) is 2.30. The molecule has 0 fully saturated rings. The number of rotatable bonds is 10. The normalized spacial score (nSPS) is 12.9. The Morgan fingerprint density at radius 3 is 2.36 bits per heavy atom. The summed E-state index contributed by atoms with van der Waals surface area (Å²) in [4.78, 5) is 12.1. The molecule has 0 saturated heterocycles. The number of anilines is 2. The predicted octanol–water partition coefficient (Wildman–Crippen LogP) is 2.21. The standard InChI is InChI=1S/C17H30N4O3S/c1-5-8-11-19-15-10-9-14(25(23,24)21(6-2)7-3)12-16(15)20-17(22)13(4)18/h9-10,12-13,19H,5-8,11,18H2,1-4H3,(H,20,22)/t13-/m0/s1. The molecule has 1 aromatic rings. The zero-order valence-electron chi connectivity index (χ0n) is 15.5. The third-order valence-corrected chi connectivity index (χ3v) is 5.90. The molecule has 0 unspecified atom stereocenters. The van der Waals surface area contributed by atoms with Crippen LogP contribution in [-0.4, -0.2) is 44.3 Å². The Kier molecular flexibility index (Phi) is 8.34. The summed E-state index contributed by atoms with van der Waals surface area (Å²) in [6, 6.07) is 4.04. The number of hydrogen-bond donors (Lipinski definition) is 3. The highest BCUT2D eigenvalue weighted by atomic mass is 32.2. The van der Waals surface area contributed by atoms with Crippen molar-refractivity contribution in [3.05, 3.63) is 18.2 Å². The summed E-state index contributed by atoms with van der Waals surface area (Å²) >= 11 is 0. The van der Waals surface area contributed by atoms with E-state index in [0.717, 1.165) is 19.4 Å². The maximum absolute atomic E-state index is 12.7. The van der Waals surface area contributed by atoms with E-state index in [1.165, 1.54) is 10.4 Å². The molecule has 0 bridgehead atoms. The summed E-state index contributed by atoms with van der Waals surface area (Å²) in [7, 11) is -3.60. The van der Waals surface area contributed by atoms with Crippen LogP contribution in [0, 0.1) is 0 Å². The van der Waals surface area contributed by atoms with Crippen LogP contribution < -0.4 is 16.4 Å². The van der Waals surface area contributed by atoms with Crippen molar-refractivity contribution in [2.24, 2.45) is 5.73 Å². The van der Waals surface area contributed by atoms with Crippen LogP contribution in [-0.2, 0) is 14.8 Å². The quantitative estimate of drug-likeness (QED) is 0.548. The van der Waals surface area contributed by atoms with Crippen molar-refractivity contribution in [2.75, 3.05) is 30.3 Å². The van der Waals surface area contributed by atoms with E-state index in [9.17, 15) is 13.2 Å². The van der Waals surface area contributed by atoms with Gasteiger partial charge in [0.15, 0.2) is 0 Å². The molecule has 0 aliphatic heterocycles. The Bertz CT molecular complexity index is 670. The van der Waals surface area contributed by atoms with Crippen molar-refractivity contribution in [3.8, 4) is 0 Å². The molecule has 1 amide bonds. The lowest BCUT2D eigenvalue weighted by atomic mass is 10.2. The van der Waals surface area contributed by atoms with Crippen LogP contribution in [0.1, 0.15) is 40.5 Å². The fraction of sp³-hybridized carbons (Fsp3) is 0.588. The van der Waals surface area contributed by atoms with Crippen LogP contribution in [0.3, 0.4) is 0 Å². The smallest absolute Gasteiger partial charge is 0.243 e. The summed E-state index contributed by atoms with van der Waals surface area (Å²) < 4.78 is 26.8. The number of nitrogens with two attached hydrogens (primary N) is 1. The number of hydrogen-bond acceptors (Lipinski definition) is 5. The van der Waals surface area contributed by atoms with E-state index < -0.39 is 16.1 Å².